The molecule has 1 aromatic carbocycles. The summed E-state index contributed by atoms with van der Waals surface area (Å²) in [5.41, 5.74) is 2.96. The number of Topliss-reactive ketones (excluding diaryl/α,β-unsaturated/α-hetero) is 1. The minimum atomic E-state index is 0.199. The van der Waals surface area contributed by atoms with Gasteiger partial charge in [0, 0.05) is 25.1 Å². The van der Waals surface area contributed by atoms with Crippen LogP contribution in [0.25, 0.3) is 0 Å². The monoisotopic (exact) mass is 272 g/mol. The highest BCUT2D eigenvalue weighted by Crippen LogP contribution is 2.13. The molecule has 106 valence electrons. The minimum absolute atomic E-state index is 0.199. The Balaban J connectivity index is 2.00. The van der Waals surface area contributed by atoms with Crippen LogP contribution in [0.15, 0.2) is 30.3 Å². The number of ether oxygens (including phenoxy) is 1. The lowest BCUT2D eigenvalue weighted by Crippen LogP contribution is -2.11. The van der Waals surface area contributed by atoms with Crippen LogP contribution in [0, 0.1) is 6.92 Å². The number of carbonyl (C=O) groups is 1. The molecule has 1 heterocycles. The van der Waals surface area contributed by atoms with Crippen molar-refractivity contribution in [3.63, 3.8) is 0 Å². The van der Waals surface area contributed by atoms with Crippen LogP contribution >= 0.6 is 0 Å². The summed E-state index contributed by atoms with van der Waals surface area (Å²) in [7, 11) is 1.63. The Labute approximate surface area is 119 Å². The van der Waals surface area contributed by atoms with Crippen molar-refractivity contribution >= 4 is 5.78 Å². The van der Waals surface area contributed by atoms with Gasteiger partial charge < -0.3 is 4.74 Å². The van der Waals surface area contributed by atoms with Crippen LogP contribution in [0.1, 0.15) is 23.9 Å². The largest absolute Gasteiger partial charge is 0.497 e. The molecule has 0 bridgehead atoms. The summed E-state index contributed by atoms with van der Waals surface area (Å²) in [6.07, 6.45) is 0.874. The zero-order chi connectivity index (χ0) is 14.5. The lowest BCUT2D eigenvalue weighted by Gasteiger charge is -2.05. The average molecular weight is 272 g/mol. The van der Waals surface area contributed by atoms with E-state index in [2.05, 4.69) is 5.10 Å². The van der Waals surface area contributed by atoms with Gasteiger partial charge in [-0.1, -0.05) is 12.1 Å². The zero-order valence-corrected chi connectivity index (χ0v) is 12.2. The van der Waals surface area contributed by atoms with E-state index in [1.54, 1.807) is 7.11 Å². The van der Waals surface area contributed by atoms with Crippen LogP contribution in [-0.2, 0) is 24.2 Å². The number of rotatable bonds is 6. The van der Waals surface area contributed by atoms with Gasteiger partial charge in [0.1, 0.15) is 11.5 Å². The molecular weight excluding hydrogens is 252 g/mol. The molecule has 0 aliphatic heterocycles. The number of ketones is 1. The standard InChI is InChI=1S/C16H20N2O2/c1-4-18-14(9-12(2)17-18)11-15(19)10-13-5-7-16(20-3)8-6-13/h5-9H,4,10-11H2,1-3H3. The zero-order valence-electron chi connectivity index (χ0n) is 12.2. The van der Waals surface area contributed by atoms with Gasteiger partial charge in [0.25, 0.3) is 0 Å². The van der Waals surface area contributed by atoms with Gasteiger partial charge in [0.2, 0.25) is 0 Å². The molecule has 4 heteroatoms. The number of aryl methyl sites for hydroxylation is 2. The molecule has 2 rings (SSSR count). The normalized spacial score (nSPS) is 10.6. The van der Waals surface area contributed by atoms with Crippen LogP contribution in [0.2, 0.25) is 0 Å². The number of nitrogens with zero attached hydrogens (tertiary/aromatic N) is 2. The van der Waals surface area contributed by atoms with E-state index in [-0.39, 0.29) is 5.78 Å². The minimum Gasteiger partial charge on any atom is -0.497 e. The predicted octanol–water partition coefficient (Wildman–Crippen LogP) is 2.57. The summed E-state index contributed by atoms with van der Waals surface area (Å²) in [6.45, 7) is 4.77. The van der Waals surface area contributed by atoms with Crippen molar-refractivity contribution in [3.8, 4) is 5.75 Å². The molecule has 1 aromatic heterocycles. The third-order valence-corrected chi connectivity index (χ3v) is 3.22. The second kappa shape index (κ2) is 6.37. The molecule has 0 unspecified atom stereocenters. The first kappa shape index (κ1) is 14.3. The maximum atomic E-state index is 12.1. The highest BCUT2D eigenvalue weighted by Gasteiger charge is 2.10. The van der Waals surface area contributed by atoms with E-state index in [4.69, 9.17) is 4.74 Å². The third-order valence-electron chi connectivity index (χ3n) is 3.22. The smallest absolute Gasteiger partial charge is 0.143 e. The number of benzene rings is 1. The molecule has 0 fully saturated rings. The van der Waals surface area contributed by atoms with E-state index in [0.717, 1.165) is 29.2 Å². The topological polar surface area (TPSA) is 44.1 Å². The van der Waals surface area contributed by atoms with Gasteiger partial charge in [-0.15, -0.1) is 0 Å². The number of methoxy groups -OCH3 is 1. The molecule has 0 spiro atoms. The van der Waals surface area contributed by atoms with E-state index in [1.165, 1.54) is 0 Å². The summed E-state index contributed by atoms with van der Waals surface area (Å²) in [4.78, 5) is 12.1. The van der Waals surface area contributed by atoms with Gasteiger partial charge in [-0.3, -0.25) is 9.48 Å². The molecule has 0 radical (unpaired) electrons. The van der Waals surface area contributed by atoms with E-state index in [0.29, 0.717) is 12.8 Å². The summed E-state index contributed by atoms with van der Waals surface area (Å²) in [6, 6.07) is 9.60. The highest BCUT2D eigenvalue weighted by molar-refractivity contribution is 5.82. The van der Waals surface area contributed by atoms with Gasteiger partial charge in [0.05, 0.1) is 12.8 Å². The summed E-state index contributed by atoms with van der Waals surface area (Å²) in [5.74, 6) is 1.01. The van der Waals surface area contributed by atoms with E-state index >= 15 is 0 Å². The first-order valence-corrected chi connectivity index (χ1v) is 6.80. The second-order valence-electron chi connectivity index (χ2n) is 4.83. The quantitative estimate of drug-likeness (QED) is 0.812. The van der Waals surface area contributed by atoms with Crippen molar-refractivity contribution in [1.82, 2.24) is 9.78 Å². The Morgan fingerprint density at radius 3 is 2.55 bits per heavy atom. The fraction of sp³-hybridized carbons (Fsp3) is 0.375. The van der Waals surface area contributed by atoms with Crippen molar-refractivity contribution in [1.29, 1.82) is 0 Å². The van der Waals surface area contributed by atoms with Crippen LogP contribution in [-0.4, -0.2) is 22.7 Å². The molecule has 0 atom stereocenters. The van der Waals surface area contributed by atoms with Crippen molar-refractivity contribution in [2.45, 2.75) is 33.2 Å². The Morgan fingerprint density at radius 1 is 1.25 bits per heavy atom. The van der Waals surface area contributed by atoms with Gasteiger partial charge in [-0.2, -0.15) is 5.10 Å². The molecular formula is C16H20N2O2. The van der Waals surface area contributed by atoms with Crippen LogP contribution < -0.4 is 4.74 Å². The van der Waals surface area contributed by atoms with Gasteiger partial charge in [-0.25, -0.2) is 0 Å². The molecule has 2 aromatic rings. The maximum absolute atomic E-state index is 12.1. The summed E-state index contributed by atoms with van der Waals surface area (Å²) >= 11 is 0. The SMILES string of the molecule is CCn1nc(C)cc1CC(=O)Cc1ccc(OC)cc1. The van der Waals surface area contributed by atoms with Gasteiger partial charge in [-0.05, 0) is 37.6 Å². The third kappa shape index (κ3) is 3.47. The molecule has 20 heavy (non-hydrogen) atoms. The lowest BCUT2D eigenvalue weighted by molar-refractivity contribution is -0.117. The Kier molecular flexibility index (Phi) is 4.56. The Bertz CT molecular complexity index is 585. The molecule has 0 aliphatic carbocycles. The van der Waals surface area contributed by atoms with Gasteiger partial charge >= 0.3 is 0 Å². The molecule has 4 nitrogen and oxygen atoms in total. The predicted molar refractivity (Wildman–Crippen MR) is 78.0 cm³/mol. The van der Waals surface area contributed by atoms with Crippen molar-refractivity contribution in [2.24, 2.45) is 0 Å². The average Bonchev–Trinajstić information content (AvgIpc) is 2.79. The molecule has 0 saturated heterocycles. The molecule has 0 N–H and O–H groups in total. The molecule has 0 aliphatic rings. The number of aromatic nitrogens is 2. The van der Waals surface area contributed by atoms with E-state index in [9.17, 15) is 4.79 Å². The number of hydrogen-bond donors (Lipinski definition) is 0. The van der Waals surface area contributed by atoms with Crippen LogP contribution in [0.3, 0.4) is 0 Å². The number of hydrogen-bond acceptors (Lipinski definition) is 3. The van der Waals surface area contributed by atoms with Crippen molar-refractivity contribution < 1.29 is 9.53 Å². The number of carbonyl (C=O) groups excluding carboxylic acids is 1. The van der Waals surface area contributed by atoms with Crippen LogP contribution in [0.4, 0.5) is 0 Å². The molecule has 0 saturated carbocycles. The second-order valence-corrected chi connectivity index (χ2v) is 4.83. The first-order chi connectivity index (χ1) is 9.62. The summed E-state index contributed by atoms with van der Waals surface area (Å²) < 4.78 is 7.00. The van der Waals surface area contributed by atoms with Crippen LogP contribution in [0.5, 0.6) is 5.75 Å². The van der Waals surface area contributed by atoms with E-state index < -0.39 is 0 Å². The fourth-order valence-corrected chi connectivity index (χ4v) is 2.25. The van der Waals surface area contributed by atoms with Gasteiger partial charge in [0.15, 0.2) is 0 Å². The lowest BCUT2D eigenvalue weighted by atomic mass is 10.1. The van der Waals surface area contributed by atoms with Crippen molar-refractivity contribution in [2.75, 3.05) is 7.11 Å². The summed E-state index contributed by atoms with van der Waals surface area (Å²) in [5, 5.41) is 4.36. The van der Waals surface area contributed by atoms with E-state index in [1.807, 2.05) is 48.9 Å². The maximum Gasteiger partial charge on any atom is 0.143 e. The van der Waals surface area contributed by atoms with Crippen molar-refractivity contribution in [3.05, 3.63) is 47.3 Å². The Morgan fingerprint density at radius 2 is 1.95 bits per heavy atom. The Hall–Kier alpha value is -2.10. The highest BCUT2D eigenvalue weighted by atomic mass is 16.5. The first-order valence-electron chi connectivity index (χ1n) is 6.80. The molecule has 0 amide bonds. The fourth-order valence-electron chi connectivity index (χ4n) is 2.25.